The zero-order chi connectivity index (χ0) is 19.5. The molecular weight excluding hydrogens is 440 g/mol. The number of nitrogens with one attached hydrogen (secondary N) is 2. The standard InChI is InChI=1S/C21H24N4S3.ClH/c1-26-20-16(11-18(28-20)19(22)23)17-12-27-21(25-17)24-15-9-7-14(8-10-15)13-5-3-2-4-6-13;/h7-13H,2-6H2,1H3,(H3,22,23)(H,24,25);1H. The minimum atomic E-state index is 0. The Balaban J connectivity index is 0.00000240. The first-order chi connectivity index (χ1) is 13.6. The average Bonchev–Trinajstić information content (AvgIpc) is 3.36. The fourth-order valence-electron chi connectivity index (χ4n) is 3.69. The summed E-state index contributed by atoms with van der Waals surface area (Å²) in [5.74, 6) is 0.839. The van der Waals surface area contributed by atoms with Gasteiger partial charge in [-0.2, -0.15) is 0 Å². The molecule has 1 aromatic carbocycles. The zero-order valence-electron chi connectivity index (χ0n) is 16.2. The summed E-state index contributed by atoms with van der Waals surface area (Å²) in [6.45, 7) is 0. The van der Waals surface area contributed by atoms with E-state index in [4.69, 9.17) is 16.1 Å². The van der Waals surface area contributed by atoms with Gasteiger partial charge in [-0.1, -0.05) is 31.4 Å². The third kappa shape index (κ3) is 5.15. The largest absolute Gasteiger partial charge is 0.383 e. The van der Waals surface area contributed by atoms with E-state index in [1.165, 1.54) is 37.7 Å². The van der Waals surface area contributed by atoms with Crippen molar-refractivity contribution in [1.29, 1.82) is 5.41 Å². The molecule has 1 aliphatic rings. The molecule has 154 valence electrons. The highest BCUT2D eigenvalue weighted by Crippen LogP contribution is 2.39. The number of nitrogens with zero attached hydrogens (tertiary/aromatic N) is 1. The second-order valence-corrected chi connectivity index (χ2v) is 10.0. The number of thiazole rings is 1. The SMILES string of the molecule is CSc1sc(C(=N)N)cc1-c1csc(Nc2ccc(C3CCCCC3)cc2)n1.Cl. The molecule has 2 heterocycles. The van der Waals surface area contributed by atoms with Crippen molar-refractivity contribution < 1.29 is 0 Å². The number of hydrogen-bond acceptors (Lipinski definition) is 6. The molecule has 0 radical (unpaired) electrons. The van der Waals surface area contributed by atoms with Crippen LogP contribution in [0, 0.1) is 5.41 Å². The summed E-state index contributed by atoms with van der Waals surface area (Å²) in [6.07, 6.45) is 8.79. The van der Waals surface area contributed by atoms with Crippen LogP contribution in [0.1, 0.15) is 48.5 Å². The van der Waals surface area contributed by atoms with Crippen molar-refractivity contribution in [2.24, 2.45) is 5.73 Å². The van der Waals surface area contributed by atoms with Crippen molar-refractivity contribution in [2.75, 3.05) is 11.6 Å². The topological polar surface area (TPSA) is 74.8 Å². The van der Waals surface area contributed by atoms with Crippen molar-refractivity contribution >= 4 is 63.5 Å². The first-order valence-electron chi connectivity index (χ1n) is 9.49. The Morgan fingerprint density at radius 3 is 2.59 bits per heavy atom. The summed E-state index contributed by atoms with van der Waals surface area (Å²) in [5.41, 5.74) is 10.2. The maximum absolute atomic E-state index is 7.68. The number of anilines is 2. The Hall–Kier alpha value is -1.54. The van der Waals surface area contributed by atoms with E-state index in [1.54, 1.807) is 34.4 Å². The van der Waals surface area contributed by atoms with Crippen LogP contribution in [-0.2, 0) is 0 Å². The van der Waals surface area contributed by atoms with Gasteiger partial charge in [-0.15, -0.1) is 46.8 Å². The minimum Gasteiger partial charge on any atom is -0.383 e. The number of thioether (sulfide) groups is 1. The Labute approximate surface area is 190 Å². The smallest absolute Gasteiger partial charge is 0.187 e. The van der Waals surface area contributed by atoms with Crippen LogP contribution >= 0.6 is 46.8 Å². The number of rotatable bonds is 6. The van der Waals surface area contributed by atoms with Crippen molar-refractivity contribution in [1.82, 2.24) is 4.98 Å². The average molecular weight is 465 g/mol. The van der Waals surface area contributed by atoms with Gasteiger partial charge >= 0.3 is 0 Å². The third-order valence-corrected chi connectivity index (χ3v) is 8.23. The van der Waals surface area contributed by atoms with E-state index in [0.29, 0.717) is 0 Å². The highest BCUT2D eigenvalue weighted by atomic mass is 35.5. The first kappa shape index (κ1) is 22.2. The number of hydrogen-bond donors (Lipinski definition) is 3. The summed E-state index contributed by atoms with van der Waals surface area (Å²) >= 11 is 4.81. The van der Waals surface area contributed by atoms with Crippen LogP contribution in [0.3, 0.4) is 0 Å². The Morgan fingerprint density at radius 1 is 1.21 bits per heavy atom. The molecule has 1 fully saturated rings. The fourth-order valence-corrected chi connectivity index (χ4v) is 6.17. The predicted molar refractivity (Wildman–Crippen MR) is 131 cm³/mol. The van der Waals surface area contributed by atoms with Crippen LogP contribution in [0.2, 0.25) is 0 Å². The molecule has 1 saturated carbocycles. The molecule has 1 aliphatic carbocycles. The molecule has 0 saturated heterocycles. The maximum atomic E-state index is 7.68. The number of amidine groups is 1. The first-order valence-corrected chi connectivity index (χ1v) is 12.4. The summed E-state index contributed by atoms with van der Waals surface area (Å²) in [6, 6.07) is 10.8. The lowest BCUT2D eigenvalue weighted by molar-refractivity contribution is 0.443. The van der Waals surface area contributed by atoms with Gasteiger partial charge < -0.3 is 11.1 Å². The summed E-state index contributed by atoms with van der Waals surface area (Å²) in [5, 5.41) is 14.0. The van der Waals surface area contributed by atoms with E-state index in [2.05, 4.69) is 35.0 Å². The number of nitrogen functional groups attached to an aromatic ring is 1. The highest BCUT2D eigenvalue weighted by Gasteiger charge is 2.16. The van der Waals surface area contributed by atoms with E-state index in [-0.39, 0.29) is 18.2 Å². The summed E-state index contributed by atoms with van der Waals surface area (Å²) in [4.78, 5) is 5.55. The van der Waals surface area contributed by atoms with E-state index in [1.807, 2.05) is 12.3 Å². The molecule has 0 aliphatic heterocycles. The normalized spacial score (nSPS) is 14.4. The lowest BCUT2D eigenvalue weighted by atomic mass is 9.84. The Morgan fingerprint density at radius 2 is 1.93 bits per heavy atom. The van der Waals surface area contributed by atoms with Gasteiger partial charge in [0.15, 0.2) is 5.13 Å². The number of nitrogens with two attached hydrogens (primary N) is 1. The van der Waals surface area contributed by atoms with Gasteiger partial charge in [0.05, 0.1) is 14.8 Å². The van der Waals surface area contributed by atoms with Gasteiger partial charge in [0.25, 0.3) is 0 Å². The van der Waals surface area contributed by atoms with Gasteiger partial charge in [-0.25, -0.2) is 4.98 Å². The van der Waals surface area contributed by atoms with Gasteiger partial charge in [-0.3, -0.25) is 5.41 Å². The zero-order valence-corrected chi connectivity index (χ0v) is 19.5. The van der Waals surface area contributed by atoms with E-state index in [0.717, 1.165) is 37.1 Å². The molecule has 0 atom stereocenters. The molecule has 0 spiro atoms. The van der Waals surface area contributed by atoms with Gasteiger partial charge in [-0.05, 0) is 48.8 Å². The van der Waals surface area contributed by atoms with Crippen molar-refractivity contribution in [3.05, 3.63) is 46.2 Å². The molecule has 4 N–H and O–H groups in total. The summed E-state index contributed by atoms with van der Waals surface area (Å²) < 4.78 is 1.14. The van der Waals surface area contributed by atoms with Gasteiger partial charge in [0, 0.05) is 16.6 Å². The number of thiophene rings is 1. The molecule has 0 amide bonds. The second-order valence-electron chi connectivity index (χ2n) is 7.05. The lowest BCUT2D eigenvalue weighted by Crippen LogP contribution is -2.08. The summed E-state index contributed by atoms with van der Waals surface area (Å²) in [7, 11) is 0. The van der Waals surface area contributed by atoms with Gasteiger partial charge in [0.1, 0.15) is 5.84 Å². The lowest BCUT2D eigenvalue weighted by Gasteiger charge is -2.22. The molecular formula is C21H25ClN4S3. The van der Waals surface area contributed by atoms with Crippen LogP contribution in [0.25, 0.3) is 11.3 Å². The van der Waals surface area contributed by atoms with Crippen LogP contribution in [0.5, 0.6) is 0 Å². The number of aromatic nitrogens is 1. The van der Waals surface area contributed by atoms with Gasteiger partial charge in [0.2, 0.25) is 0 Å². The van der Waals surface area contributed by atoms with Crippen molar-refractivity contribution in [3.63, 3.8) is 0 Å². The molecule has 4 rings (SSSR count). The van der Waals surface area contributed by atoms with E-state index < -0.39 is 0 Å². The molecule has 4 nitrogen and oxygen atoms in total. The van der Waals surface area contributed by atoms with Crippen LogP contribution in [-0.4, -0.2) is 17.1 Å². The minimum absolute atomic E-state index is 0. The molecule has 0 unspecified atom stereocenters. The van der Waals surface area contributed by atoms with Crippen LogP contribution in [0.15, 0.2) is 39.9 Å². The van der Waals surface area contributed by atoms with Crippen molar-refractivity contribution in [2.45, 2.75) is 42.2 Å². The maximum Gasteiger partial charge on any atom is 0.187 e. The Kier molecular flexibility index (Phi) is 7.62. The highest BCUT2D eigenvalue weighted by molar-refractivity contribution is 8.00. The Bertz CT molecular complexity index is 959. The molecule has 2 aromatic heterocycles. The quantitative estimate of drug-likeness (QED) is 0.207. The monoisotopic (exact) mass is 464 g/mol. The van der Waals surface area contributed by atoms with E-state index >= 15 is 0 Å². The van der Waals surface area contributed by atoms with E-state index in [9.17, 15) is 0 Å². The molecule has 8 heteroatoms. The third-order valence-electron chi connectivity index (χ3n) is 5.17. The second kappa shape index (κ2) is 9.98. The molecule has 29 heavy (non-hydrogen) atoms. The predicted octanol–water partition coefficient (Wildman–Crippen LogP) is 7.09. The molecule has 0 bridgehead atoms. The van der Waals surface area contributed by atoms with Crippen LogP contribution < -0.4 is 11.1 Å². The van der Waals surface area contributed by atoms with Crippen LogP contribution in [0.4, 0.5) is 10.8 Å². The fraction of sp³-hybridized carbons (Fsp3) is 0.333. The number of halogens is 1. The van der Waals surface area contributed by atoms with Crippen molar-refractivity contribution in [3.8, 4) is 11.3 Å². The number of benzene rings is 1. The molecule has 3 aromatic rings.